The van der Waals surface area contributed by atoms with Crippen LogP contribution in [0.1, 0.15) is 12.8 Å². The van der Waals surface area contributed by atoms with Crippen LogP contribution in [0.25, 0.3) is 0 Å². The van der Waals surface area contributed by atoms with Crippen molar-refractivity contribution in [2.24, 2.45) is 11.5 Å². The number of thioether (sulfide) groups is 1. The summed E-state index contributed by atoms with van der Waals surface area (Å²) in [5.74, 6) is 0.854. The van der Waals surface area contributed by atoms with Crippen molar-refractivity contribution in [3.8, 4) is 5.75 Å². The third kappa shape index (κ3) is 7.01. The molecule has 1 atom stereocenters. The van der Waals surface area contributed by atoms with Crippen molar-refractivity contribution in [2.45, 2.75) is 18.9 Å². The number of benzene rings is 1. The van der Waals surface area contributed by atoms with Gasteiger partial charge in [0.25, 0.3) is 0 Å². The first-order valence-corrected chi connectivity index (χ1v) is 7.99. The number of hydrogen-bond donors (Lipinski definition) is 3. The monoisotopic (exact) mass is 311 g/mol. The van der Waals surface area contributed by atoms with E-state index in [1.807, 2.05) is 6.26 Å². The number of rotatable bonds is 9. The second-order valence-electron chi connectivity index (χ2n) is 4.47. The Morgan fingerprint density at radius 2 is 2.00 bits per heavy atom. The number of nitrogens with one attached hydrogen (secondary N) is 1. The van der Waals surface area contributed by atoms with Gasteiger partial charge >= 0.3 is 0 Å². The van der Waals surface area contributed by atoms with Crippen LogP contribution in [-0.2, 0) is 9.59 Å². The minimum Gasteiger partial charge on any atom is -0.493 e. The van der Waals surface area contributed by atoms with Gasteiger partial charge in [-0.1, -0.05) is 0 Å². The number of carbonyl (C=O) groups is 2. The molecular weight excluding hydrogens is 290 g/mol. The fourth-order valence-electron chi connectivity index (χ4n) is 1.51. The summed E-state index contributed by atoms with van der Waals surface area (Å²) < 4.78 is 5.34. The minimum atomic E-state index is -0.510. The second kappa shape index (κ2) is 9.25. The summed E-state index contributed by atoms with van der Waals surface area (Å²) in [6.07, 6.45) is 2.78. The normalized spacial score (nSPS) is 11.7. The van der Waals surface area contributed by atoms with Crippen molar-refractivity contribution >= 4 is 29.3 Å². The highest BCUT2D eigenvalue weighted by molar-refractivity contribution is 7.98. The van der Waals surface area contributed by atoms with Crippen LogP contribution >= 0.6 is 11.8 Å². The molecule has 1 aromatic rings. The van der Waals surface area contributed by atoms with Crippen molar-refractivity contribution in [2.75, 3.05) is 23.9 Å². The first-order chi connectivity index (χ1) is 10.0. The van der Waals surface area contributed by atoms with E-state index in [-0.39, 0.29) is 18.9 Å². The molecule has 0 aromatic heterocycles. The zero-order chi connectivity index (χ0) is 15.7. The van der Waals surface area contributed by atoms with E-state index in [9.17, 15) is 9.59 Å². The summed E-state index contributed by atoms with van der Waals surface area (Å²) in [6.45, 7) is 0.237. The van der Waals surface area contributed by atoms with Crippen molar-refractivity contribution in [1.82, 2.24) is 0 Å². The molecule has 0 saturated heterocycles. The average Bonchev–Trinajstić information content (AvgIpc) is 2.46. The zero-order valence-corrected chi connectivity index (χ0v) is 12.8. The molecule has 0 spiro atoms. The smallest absolute Gasteiger partial charge is 0.241 e. The van der Waals surface area contributed by atoms with Gasteiger partial charge in [-0.05, 0) is 42.7 Å². The maximum absolute atomic E-state index is 11.8. The van der Waals surface area contributed by atoms with E-state index in [0.29, 0.717) is 17.9 Å². The van der Waals surface area contributed by atoms with E-state index in [1.165, 1.54) is 0 Å². The average molecular weight is 311 g/mol. The van der Waals surface area contributed by atoms with Gasteiger partial charge < -0.3 is 21.5 Å². The molecule has 1 rings (SSSR count). The molecule has 0 aliphatic carbocycles. The predicted molar refractivity (Wildman–Crippen MR) is 85.4 cm³/mol. The summed E-state index contributed by atoms with van der Waals surface area (Å²) in [7, 11) is 0. The number of amides is 2. The summed E-state index contributed by atoms with van der Waals surface area (Å²) in [5, 5.41) is 2.75. The van der Waals surface area contributed by atoms with Crippen LogP contribution in [0.15, 0.2) is 24.3 Å². The maximum Gasteiger partial charge on any atom is 0.241 e. The van der Waals surface area contributed by atoms with Gasteiger partial charge in [0, 0.05) is 5.69 Å². The molecule has 1 aromatic carbocycles. The van der Waals surface area contributed by atoms with Crippen molar-refractivity contribution in [3.05, 3.63) is 24.3 Å². The van der Waals surface area contributed by atoms with Crippen molar-refractivity contribution in [3.63, 3.8) is 0 Å². The van der Waals surface area contributed by atoms with Crippen LogP contribution in [0, 0.1) is 0 Å². The molecule has 0 fully saturated rings. The Morgan fingerprint density at radius 3 is 2.57 bits per heavy atom. The lowest BCUT2D eigenvalue weighted by molar-refractivity contribution is -0.118. The van der Waals surface area contributed by atoms with Gasteiger partial charge in [-0.15, -0.1) is 0 Å². The van der Waals surface area contributed by atoms with Gasteiger partial charge in [0.05, 0.1) is 19.1 Å². The molecule has 7 heteroatoms. The molecule has 0 saturated carbocycles. The lowest BCUT2D eigenvalue weighted by Crippen LogP contribution is -2.36. The SMILES string of the molecule is CSCC[C@@H](N)C(=O)Nc1ccc(OCCC(N)=O)cc1. The number of nitrogens with two attached hydrogens (primary N) is 2. The van der Waals surface area contributed by atoms with Crippen LogP contribution in [-0.4, -0.2) is 36.5 Å². The summed E-state index contributed by atoms with van der Waals surface area (Å²) in [4.78, 5) is 22.4. The van der Waals surface area contributed by atoms with Gasteiger partial charge in [0.2, 0.25) is 11.8 Å². The Labute approximate surface area is 128 Å². The third-order valence-corrected chi connectivity index (χ3v) is 3.35. The summed E-state index contributed by atoms with van der Waals surface area (Å²) in [6, 6.07) is 6.36. The van der Waals surface area contributed by atoms with Gasteiger partial charge in [-0.3, -0.25) is 9.59 Å². The molecule has 0 bridgehead atoms. The van der Waals surface area contributed by atoms with Crippen molar-refractivity contribution < 1.29 is 14.3 Å². The lowest BCUT2D eigenvalue weighted by Gasteiger charge is -2.12. The number of anilines is 1. The third-order valence-electron chi connectivity index (χ3n) is 2.71. The summed E-state index contributed by atoms with van der Waals surface area (Å²) in [5.41, 5.74) is 11.5. The molecular formula is C14H21N3O3S. The topological polar surface area (TPSA) is 107 Å². The Kier molecular flexibility index (Phi) is 7.63. The fourth-order valence-corrected chi connectivity index (χ4v) is 2.00. The maximum atomic E-state index is 11.8. The first kappa shape index (κ1) is 17.3. The molecule has 21 heavy (non-hydrogen) atoms. The number of hydrogen-bond acceptors (Lipinski definition) is 5. The molecule has 116 valence electrons. The van der Waals surface area contributed by atoms with Gasteiger partial charge in [-0.2, -0.15) is 11.8 Å². The Hall–Kier alpha value is -1.73. The Bertz CT molecular complexity index is 465. The standard InChI is InChI=1S/C14H21N3O3S/c1-21-9-7-12(15)14(19)17-10-2-4-11(5-3-10)20-8-6-13(16)18/h2-5,12H,6-9,15H2,1H3,(H2,16,18)(H,17,19)/t12-/m1/s1. The predicted octanol–water partition coefficient (Wildman–Crippen LogP) is 0.960. The zero-order valence-electron chi connectivity index (χ0n) is 12.0. The van der Waals surface area contributed by atoms with Gasteiger partial charge in [-0.25, -0.2) is 0 Å². The van der Waals surface area contributed by atoms with E-state index >= 15 is 0 Å². The van der Waals surface area contributed by atoms with Crippen LogP contribution in [0.2, 0.25) is 0 Å². The fraction of sp³-hybridized carbons (Fsp3) is 0.429. The highest BCUT2D eigenvalue weighted by Gasteiger charge is 2.12. The lowest BCUT2D eigenvalue weighted by atomic mass is 10.2. The van der Waals surface area contributed by atoms with Gasteiger partial charge in [0.15, 0.2) is 0 Å². The Morgan fingerprint density at radius 1 is 1.33 bits per heavy atom. The van der Waals surface area contributed by atoms with E-state index in [2.05, 4.69) is 5.32 Å². The van der Waals surface area contributed by atoms with Gasteiger partial charge in [0.1, 0.15) is 5.75 Å². The molecule has 6 nitrogen and oxygen atoms in total. The molecule has 5 N–H and O–H groups in total. The molecule has 0 radical (unpaired) electrons. The van der Waals surface area contributed by atoms with E-state index in [0.717, 1.165) is 5.75 Å². The van der Waals surface area contributed by atoms with E-state index in [1.54, 1.807) is 36.0 Å². The highest BCUT2D eigenvalue weighted by atomic mass is 32.2. The second-order valence-corrected chi connectivity index (χ2v) is 5.45. The molecule has 0 unspecified atom stereocenters. The Balaban J connectivity index is 2.43. The molecule has 0 heterocycles. The quantitative estimate of drug-likeness (QED) is 0.629. The van der Waals surface area contributed by atoms with Crippen LogP contribution in [0.4, 0.5) is 5.69 Å². The van der Waals surface area contributed by atoms with Crippen molar-refractivity contribution in [1.29, 1.82) is 0 Å². The number of carbonyl (C=O) groups excluding carboxylic acids is 2. The first-order valence-electron chi connectivity index (χ1n) is 6.59. The summed E-state index contributed by atoms with van der Waals surface area (Å²) >= 11 is 1.66. The highest BCUT2D eigenvalue weighted by Crippen LogP contribution is 2.16. The minimum absolute atomic E-state index is 0.169. The largest absolute Gasteiger partial charge is 0.493 e. The van der Waals surface area contributed by atoms with E-state index < -0.39 is 11.9 Å². The van der Waals surface area contributed by atoms with Crippen LogP contribution < -0.4 is 21.5 Å². The van der Waals surface area contributed by atoms with Crippen LogP contribution in [0.5, 0.6) is 5.75 Å². The number of primary amides is 1. The van der Waals surface area contributed by atoms with Crippen LogP contribution in [0.3, 0.4) is 0 Å². The number of ether oxygens (including phenoxy) is 1. The molecule has 2 amide bonds. The molecule has 0 aliphatic heterocycles. The van der Waals surface area contributed by atoms with E-state index in [4.69, 9.17) is 16.2 Å². The molecule has 0 aliphatic rings.